The van der Waals surface area contributed by atoms with Crippen LogP contribution in [-0.4, -0.2) is 56.8 Å². The predicted molar refractivity (Wildman–Crippen MR) is 95.6 cm³/mol. The Morgan fingerprint density at radius 3 is 2.83 bits per heavy atom. The maximum Gasteiger partial charge on any atom is 0.251 e. The summed E-state index contributed by atoms with van der Waals surface area (Å²) in [6, 6.07) is 7.39. The molecule has 134 valence electrons. The molecule has 1 saturated heterocycles. The summed E-state index contributed by atoms with van der Waals surface area (Å²) < 4.78 is 11.0. The maximum absolute atomic E-state index is 12.2. The van der Waals surface area contributed by atoms with Gasteiger partial charge in [0.25, 0.3) is 5.91 Å². The molecule has 0 radical (unpaired) electrons. The molecule has 0 bridgehead atoms. The van der Waals surface area contributed by atoms with Crippen LogP contribution in [0, 0.1) is 5.92 Å². The van der Waals surface area contributed by atoms with E-state index in [0.29, 0.717) is 24.6 Å². The fourth-order valence-corrected chi connectivity index (χ4v) is 2.58. The first-order valence-electron chi connectivity index (χ1n) is 8.96. The molecule has 1 heterocycles. The van der Waals surface area contributed by atoms with Crippen molar-refractivity contribution in [1.82, 2.24) is 10.2 Å². The minimum atomic E-state index is -0.0311. The predicted octanol–water partition coefficient (Wildman–Crippen LogP) is 2.56. The Labute approximate surface area is 145 Å². The maximum atomic E-state index is 12.2. The molecule has 5 heteroatoms. The quantitative estimate of drug-likeness (QED) is 0.705. The van der Waals surface area contributed by atoms with Gasteiger partial charge < -0.3 is 14.8 Å². The molecule has 1 aromatic rings. The first kappa shape index (κ1) is 18.7. The Hall–Kier alpha value is -1.59. The van der Waals surface area contributed by atoms with Crippen LogP contribution in [0.2, 0.25) is 0 Å². The number of benzene rings is 1. The molecular formula is C19H30N2O3. The topological polar surface area (TPSA) is 50.8 Å². The second-order valence-electron chi connectivity index (χ2n) is 6.65. The van der Waals surface area contributed by atoms with Gasteiger partial charge in [-0.1, -0.05) is 19.9 Å². The number of carbonyl (C=O) groups excluding carboxylic acids is 1. The van der Waals surface area contributed by atoms with E-state index in [4.69, 9.17) is 9.47 Å². The molecule has 1 fully saturated rings. The van der Waals surface area contributed by atoms with Crippen LogP contribution >= 0.6 is 0 Å². The summed E-state index contributed by atoms with van der Waals surface area (Å²) >= 11 is 0. The molecule has 0 spiro atoms. The van der Waals surface area contributed by atoms with Crippen LogP contribution in [-0.2, 0) is 4.74 Å². The monoisotopic (exact) mass is 334 g/mol. The minimum absolute atomic E-state index is 0.0311. The summed E-state index contributed by atoms with van der Waals surface area (Å²) in [5.41, 5.74) is 0.657. The lowest BCUT2D eigenvalue weighted by Gasteiger charge is -2.26. The Bertz CT molecular complexity index is 499. The van der Waals surface area contributed by atoms with Gasteiger partial charge in [0, 0.05) is 25.2 Å². The van der Waals surface area contributed by atoms with E-state index in [1.807, 2.05) is 24.3 Å². The summed E-state index contributed by atoms with van der Waals surface area (Å²) in [6.45, 7) is 10.4. The zero-order valence-corrected chi connectivity index (χ0v) is 14.9. The molecule has 1 aliphatic heterocycles. The highest BCUT2D eigenvalue weighted by Gasteiger charge is 2.10. The Balaban J connectivity index is 1.65. The van der Waals surface area contributed by atoms with Crippen molar-refractivity contribution in [2.45, 2.75) is 26.7 Å². The van der Waals surface area contributed by atoms with E-state index < -0.39 is 0 Å². The molecule has 0 unspecified atom stereocenters. The third kappa shape index (κ3) is 6.89. The molecule has 5 nitrogen and oxygen atoms in total. The Morgan fingerprint density at radius 1 is 1.29 bits per heavy atom. The Kier molecular flexibility index (Phi) is 8.05. The lowest BCUT2D eigenvalue weighted by molar-refractivity contribution is 0.0372. The highest BCUT2D eigenvalue weighted by atomic mass is 16.5. The average molecular weight is 334 g/mol. The van der Waals surface area contributed by atoms with Gasteiger partial charge in [-0.05, 0) is 43.5 Å². The number of nitrogens with zero attached hydrogens (tertiary/aromatic N) is 1. The van der Waals surface area contributed by atoms with Gasteiger partial charge in [-0.25, -0.2) is 0 Å². The third-order valence-corrected chi connectivity index (χ3v) is 3.97. The van der Waals surface area contributed by atoms with E-state index in [9.17, 15) is 4.79 Å². The lowest BCUT2D eigenvalue weighted by Crippen LogP contribution is -2.37. The normalized spacial score (nSPS) is 15.5. The molecule has 2 rings (SSSR count). The van der Waals surface area contributed by atoms with Gasteiger partial charge in [0.2, 0.25) is 0 Å². The molecule has 0 saturated carbocycles. The molecule has 0 atom stereocenters. The summed E-state index contributed by atoms with van der Waals surface area (Å²) in [6.07, 6.45) is 2.09. The molecule has 0 aromatic heterocycles. The van der Waals surface area contributed by atoms with Crippen LogP contribution in [0.4, 0.5) is 0 Å². The smallest absolute Gasteiger partial charge is 0.251 e. The van der Waals surface area contributed by atoms with Gasteiger partial charge in [0.1, 0.15) is 5.75 Å². The van der Waals surface area contributed by atoms with Crippen LogP contribution in [0.15, 0.2) is 24.3 Å². The molecule has 24 heavy (non-hydrogen) atoms. The number of hydrogen-bond acceptors (Lipinski definition) is 4. The summed E-state index contributed by atoms with van der Waals surface area (Å²) in [4.78, 5) is 14.6. The van der Waals surface area contributed by atoms with Gasteiger partial charge in [-0.2, -0.15) is 0 Å². The van der Waals surface area contributed by atoms with Crippen LogP contribution < -0.4 is 10.1 Å². The summed E-state index contributed by atoms with van der Waals surface area (Å²) in [5, 5.41) is 2.99. The van der Waals surface area contributed by atoms with Crippen molar-refractivity contribution in [3.05, 3.63) is 29.8 Å². The van der Waals surface area contributed by atoms with Crippen LogP contribution in [0.5, 0.6) is 5.75 Å². The van der Waals surface area contributed by atoms with Crippen LogP contribution in [0.3, 0.4) is 0 Å². The molecule has 0 aliphatic carbocycles. The standard InChI is InChI=1S/C19H30N2O3/c1-16(2)15-24-18-7-5-6-17(14-18)19(22)20-8-3-4-9-21-10-12-23-13-11-21/h5-7,14,16H,3-4,8-13,15H2,1-2H3,(H,20,22). The number of nitrogens with one attached hydrogen (secondary N) is 1. The zero-order valence-electron chi connectivity index (χ0n) is 14.9. The van der Waals surface area contributed by atoms with Crippen molar-refractivity contribution >= 4 is 5.91 Å². The molecular weight excluding hydrogens is 304 g/mol. The SMILES string of the molecule is CC(C)COc1cccc(C(=O)NCCCCN2CCOCC2)c1. The van der Waals surface area contributed by atoms with Gasteiger partial charge in [-0.3, -0.25) is 9.69 Å². The van der Waals surface area contributed by atoms with Crippen LogP contribution in [0.25, 0.3) is 0 Å². The number of morpholine rings is 1. The van der Waals surface area contributed by atoms with E-state index >= 15 is 0 Å². The second kappa shape index (κ2) is 10.3. The van der Waals surface area contributed by atoms with Crippen molar-refractivity contribution in [2.75, 3.05) is 46.0 Å². The fraction of sp³-hybridized carbons (Fsp3) is 0.632. The molecule has 1 aliphatic rings. The number of amides is 1. The Morgan fingerprint density at radius 2 is 2.08 bits per heavy atom. The van der Waals surface area contributed by atoms with E-state index in [2.05, 4.69) is 24.1 Å². The molecule has 1 aromatic carbocycles. The number of ether oxygens (including phenoxy) is 2. The van der Waals surface area contributed by atoms with Gasteiger partial charge >= 0.3 is 0 Å². The minimum Gasteiger partial charge on any atom is -0.493 e. The zero-order chi connectivity index (χ0) is 17.2. The number of carbonyl (C=O) groups is 1. The fourth-order valence-electron chi connectivity index (χ4n) is 2.58. The lowest BCUT2D eigenvalue weighted by atomic mass is 10.2. The highest BCUT2D eigenvalue weighted by Crippen LogP contribution is 2.14. The van der Waals surface area contributed by atoms with E-state index in [1.165, 1.54) is 0 Å². The highest BCUT2D eigenvalue weighted by molar-refractivity contribution is 5.94. The van der Waals surface area contributed by atoms with Crippen molar-refractivity contribution in [2.24, 2.45) is 5.92 Å². The summed E-state index contributed by atoms with van der Waals surface area (Å²) in [5.74, 6) is 1.19. The van der Waals surface area contributed by atoms with Gasteiger partial charge in [0.05, 0.1) is 19.8 Å². The first-order valence-corrected chi connectivity index (χ1v) is 8.96. The van der Waals surface area contributed by atoms with Crippen molar-refractivity contribution in [1.29, 1.82) is 0 Å². The van der Waals surface area contributed by atoms with Crippen LogP contribution in [0.1, 0.15) is 37.0 Å². The summed E-state index contributed by atoms with van der Waals surface area (Å²) in [7, 11) is 0. The van der Waals surface area contributed by atoms with E-state index in [-0.39, 0.29) is 5.91 Å². The van der Waals surface area contributed by atoms with Gasteiger partial charge in [-0.15, -0.1) is 0 Å². The number of hydrogen-bond donors (Lipinski definition) is 1. The van der Waals surface area contributed by atoms with Gasteiger partial charge in [0.15, 0.2) is 0 Å². The van der Waals surface area contributed by atoms with Crippen molar-refractivity contribution in [3.63, 3.8) is 0 Å². The largest absolute Gasteiger partial charge is 0.493 e. The third-order valence-electron chi connectivity index (χ3n) is 3.97. The van der Waals surface area contributed by atoms with Crippen molar-refractivity contribution in [3.8, 4) is 5.75 Å². The van der Waals surface area contributed by atoms with E-state index in [0.717, 1.165) is 51.4 Å². The second-order valence-corrected chi connectivity index (χ2v) is 6.65. The average Bonchev–Trinajstić information content (AvgIpc) is 2.60. The first-order chi connectivity index (χ1) is 11.6. The van der Waals surface area contributed by atoms with E-state index in [1.54, 1.807) is 0 Å². The molecule has 1 amide bonds. The molecule has 1 N–H and O–H groups in total. The van der Waals surface area contributed by atoms with Crippen molar-refractivity contribution < 1.29 is 14.3 Å². The number of rotatable bonds is 9. The number of unbranched alkanes of at least 4 members (excludes halogenated alkanes) is 1.